The molecule has 100 valence electrons. The van der Waals surface area contributed by atoms with Crippen LogP contribution >= 0.6 is 0 Å². The predicted molar refractivity (Wildman–Crippen MR) is 60.7 cm³/mol. The molecule has 0 saturated carbocycles. The van der Waals surface area contributed by atoms with Crippen molar-refractivity contribution in [2.24, 2.45) is 0 Å². The molecule has 2 atom stereocenters. The summed E-state index contributed by atoms with van der Waals surface area (Å²) in [6.07, 6.45) is -0.985. The molecule has 0 bridgehead atoms. The van der Waals surface area contributed by atoms with Crippen LogP contribution in [0.25, 0.3) is 0 Å². The summed E-state index contributed by atoms with van der Waals surface area (Å²) in [6.45, 7) is 1.40. The van der Waals surface area contributed by atoms with Crippen molar-refractivity contribution in [2.45, 2.75) is 25.6 Å². The second-order valence-corrected chi connectivity index (χ2v) is 3.86. The molecule has 0 fully saturated rings. The van der Waals surface area contributed by atoms with E-state index in [0.29, 0.717) is 0 Å². The van der Waals surface area contributed by atoms with Crippen molar-refractivity contribution in [2.75, 3.05) is 7.11 Å². The molecular formula is C12H15F2NO3. The number of rotatable bonds is 5. The molecule has 0 heterocycles. The summed E-state index contributed by atoms with van der Waals surface area (Å²) < 4.78 is 30.5. The first-order chi connectivity index (χ1) is 8.45. The fourth-order valence-corrected chi connectivity index (χ4v) is 1.46. The SMILES string of the molecule is COC(=O)[C@H](NCc1ccc(F)cc1F)[C@@H](C)O. The van der Waals surface area contributed by atoms with Crippen molar-refractivity contribution in [3.05, 3.63) is 35.4 Å². The number of hydrogen-bond acceptors (Lipinski definition) is 4. The third-order valence-electron chi connectivity index (χ3n) is 2.47. The highest BCUT2D eigenvalue weighted by Gasteiger charge is 2.24. The van der Waals surface area contributed by atoms with Gasteiger partial charge in [0.15, 0.2) is 0 Å². The molecular weight excluding hydrogens is 244 g/mol. The molecule has 1 aromatic carbocycles. The highest BCUT2D eigenvalue weighted by Crippen LogP contribution is 2.10. The third kappa shape index (κ3) is 3.75. The van der Waals surface area contributed by atoms with E-state index in [1.807, 2.05) is 0 Å². The average molecular weight is 259 g/mol. The summed E-state index contributed by atoms with van der Waals surface area (Å²) in [7, 11) is 1.19. The largest absolute Gasteiger partial charge is 0.468 e. The molecule has 0 spiro atoms. The van der Waals surface area contributed by atoms with Crippen molar-refractivity contribution in [3.8, 4) is 0 Å². The van der Waals surface area contributed by atoms with Gasteiger partial charge < -0.3 is 9.84 Å². The summed E-state index contributed by atoms with van der Waals surface area (Å²) in [5, 5.41) is 12.0. The minimum absolute atomic E-state index is 0.0171. The normalized spacial score (nSPS) is 14.1. The van der Waals surface area contributed by atoms with Gasteiger partial charge in [-0.05, 0) is 13.0 Å². The molecule has 0 saturated heterocycles. The quantitative estimate of drug-likeness (QED) is 0.774. The first kappa shape index (κ1) is 14.5. The van der Waals surface area contributed by atoms with Gasteiger partial charge in [-0.3, -0.25) is 10.1 Å². The van der Waals surface area contributed by atoms with E-state index in [0.717, 1.165) is 12.1 Å². The predicted octanol–water partition coefficient (Wildman–Crippen LogP) is 0.977. The topological polar surface area (TPSA) is 58.6 Å². The second kappa shape index (κ2) is 6.42. The van der Waals surface area contributed by atoms with Gasteiger partial charge in [0.05, 0.1) is 13.2 Å². The van der Waals surface area contributed by atoms with Crippen molar-refractivity contribution < 1.29 is 23.4 Å². The van der Waals surface area contributed by atoms with Crippen molar-refractivity contribution in [3.63, 3.8) is 0 Å². The Morgan fingerprint density at radius 2 is 2.17 bits per heavy atom. The first-order valence-corrected chi connectivity index (χ1v) is 5.39. The molecule has 1 aromatic rings. The Balaban J connectivity index is 2.70. The van der Waals surface area contributed by atoms with Gasteiger partial charge in [-0.1, -0.05) is 6.07 Å². The maximum Gasteiger partial charge on any atom is 0.325 e. The number of carbonyl (C=O) groups excluding carboxylic acids is 1. The molecule has 0 aliphatic rings. The summed E-state index contributed by atoms with van der Waals surface area (Å²) in [6, 6.07) is 2.19. The highest BCUT2D eigenvalue weighted by atomic mass is 19.1. The molecule has 0 aliphatic heterocycles. The molecule has 2 N–H and O–H groups in total. The summed E-state index contributed by atoms with van der Waals surface area (Å²) in [5.74, 6) is -2.03. The number of halogens is 2. The van der Waals surface area contributed by atoms with Gasteiger partial charge in [0.1, 0.15) is 17.7 Å². The average Bonchev–Trinajstić information content (AvgIpc) is 2.31. The number of ether oxygens (including phenoxy) is 1. The molecule has 4 nitrogen and oxygen atoms in total. The lowest BCUT2D eigenvalue weighted by Crippen LogP contribution is -2.45. The van der Waals surface area contributed by atoms with Crippen LogP contribution in [-0.2, 0) is 16.1 Å². The van der Waals surface area contributed by atoms with Crippen LogP contribution in [0.4, 0.5) is 8.78 Å². The fourth-order valence-electron chi connectivity index (χ4n) is 1.46. The molecule has 0 aromatic heterocycles. The number of nitrogens with one attached hydrogen (secondary N) is 1. The summed E-state index contributed by atoms with van der Waals surface area (Å²) in [4.78, 5) is 11.3. The molecule has 0 radical (unpaired) electrons. The highest BCUT2D eigenvalue weighted by molar-refractivity contribution is 5.76. The molecule has 0 aliphatic carbocycles. The number of carbonyl (C=O) groups is 1. The van der Waals surface area contributed by atoms with Gasteiger partial charge in [-0.2, -0.15) is 0 Å². The van der Waals surface area contributed by atoms with E-state index >= 15 is 0 Å². The van der Waals surface area contributed by atoms with Crippen LogP contribution in [0.3, 0.4) is 0 Å². The van der Waals surface area contributed by atoms with Crippen molar-refractivity contribution >= 4 is 5.97 Å². The van der Waals surface area contributed by atoms with Gasteiger partial charge in [0.2, 0.25) is 0 Å². The second-order valence-electron chi connectivity index (χ2n) is 3.86. The molecule has 1 rings (SSSR count). The van der Waals surface area contributed by atoms with Crippen LogP contribution in [0.1, 0.15) is 12.5 Å². The monoisotopic (exact) mass is 259 g/mol. The minimum Gasteiger partial charge on any atom is -0.468 e. The van der Waals surface area contributed by atoms with Crippen LogP contribution in [0.2, 0.25) is 0 Å². The lowest BCUT2D eigenvalue weighted by Gasteiger charge is -2.19. The van der Waals surface area contributed by atoms with Gasteiger partial charge >= 0.3 is 5.97 Å². The molecule has 0 unspecified atom stereocenters. The Kier molecular flexibility index (Phi) is 5.18. The Bertz CT molecular complexity index is 424. The van der Waals surface area contributed by atoms with E-state index in [2.05, 4.69) is 10.1 Å². The molecule has 6 heteroatoms. The van der Waals surface area contributed by atoms with Crippen molar-refractivity contribution in [1.29, 1.82) is 0 Å². The zero-order valence-corrected chi connectivity index (χ0v) is 10.1. The van der Waals surface area contributed by atoms with E-state index in [1.165, 1.54) is 20.1 Å². The number of aliphatic hydroxyl groups is 1. The van der Waals surface area contributed by atoms with E-state index in [1.54, 1.807) is 0 Å². The standard InChI is InChI=1S/C12H15F2NO3/c1-7(16)11(12(17)18-2)15-6-8-3-4-9(13)5-10(8)14/h3-5,7,11,15-16H,6H2,1-2H3/t7-,11-/m1/s1. The summed E-state index contributed by atoms with van der Waals surface area (Å²) >= 11 is 0. The van der Waals surface area contributed by atoms with Crippen molar-refractivity contribution in [1.82, 2.24) is 5.32 Å². The Morgan fingerprint density at radius 1 is 1.50 bits per heavy atom. The number of methoxy groups -OCH3 is 1. The summed E-state index contributed by atoms with van der Waals surface area (Å²) in [5.41, 5.74) is 0.200. The van der Waals surface area contributed by atoms with E-state index in [9.17, 15) is 18.7 Å². The number of hydrogen-bond donors (Lipinski definition) is 2. The van der Waals surface area contributed by atoms with Crippen LogP contribution in [0.15, 0.2) is 18.2 Å². The van der Waals surface area contributed by atoms with Gasteiger partial charge in [0.25, 0.3) is 0 Å². The van der Waals surface area contributed by atoms with Crippen LogP contribution in [0.5, 0.6) is 0 Å². The number of aliphatic hydroxyl groups excluding tert-OH is 1. The van der Waals surface area contributed by atoms with E-state index < -0.39 is 29.7 Å². The van der Waals surface area contributed by atoms with E-state index in [-0.39, 0.29) is 12.1 Å². The van der Waals surface area contributed by atoms with Crippen LogP contribution in [0, 0.1) is 11.6 Å². The minimum atomic E-state index is -0.985. The first-order valence-electron chi connectivity index (χ1n) is 5.39. The third-order valence-corrected chi connectivity index (χ3v) is 2.47. The smallest absolute Gasteiger partial charge is 0.325 e. The van der Waals surface area contributed by atoms with Crippen LogP contribution < -0.4 is 5.32 Å². The van der Waals surface area contributed by atoms with E-state index in [4.69, 9.17) is 0 Å². The maximum absolute atomic E-state index is 13.3. The lowest BCUT2D eigenvalue weighted by molar-refractivity contribution is -0.145. The zero-order chi connectivity index (χ0) is 13.7. The Labute approximate surface area is 104 Å². The number of esters is 1. The van der Waals surface area contributed by atoms with Crippen LogP contribution in [-0.4, -0.2) is 30.3 Å². The Hall–Kier alpha value is -1.53. The van der Waals surface area contributed by atoms with Gasteiger partial charge in [0, 0.05) is 18.2 Å². The lowest BCUT2D eigenvalue weighted by atomic mass is 10.1. The maximum atomic E-state index is 13.3. The molecule has 18 heavy (non-hydrogen) atoms. The molecule has 0 amide bonds. The van der Waals surface area contributed by atoms with Gasteiger partial charge in [-0.15, -0.1) is 0 Å². The number of benzene rings is 1. The zero-order valence-electron chi connectivity index (χ0n) is 10.1. The van der Waals surface area contributed by atoms with Gasteiger partial charge in [-0.25, -0.2) is 8.78 Å². The Morgan fingerprint density at radius 3 is 2.67 bits per heavy atom. The fraction of sp³-hybridized carbons (Fsp3) is 0.417.